The molecule has 1 aliphatic rings. The molecule has 1 saturated heterocycles. The maximum atomic E-state index is 13.1. The summed E-state index contributed by atoms with van der Waals surface area (Å²) in [6.07, 6.45) is 0. The van der Waals surface area contributed by atoms with Crippen LogP contribution in [-0.2, 0) is 10.0 Å². The molecule has 0 saturated carbocycles. The highest BCUT2D eigenvalue weighted by Crippen LogP contribution is 2.31. The first-order valence-corrected chi connectivity index (χ1v) is 9.91. The minimum Gasteiger partial charge on any atom is -0.497 e. The van der Waals surface area contributed by atoms with E-state index in [9.17, 15) is 13.7 Å². The molecule has 3 rings (SSSR count). The highest BCUT2D eigenvalue weighted by molar-refractivity contribution is 7.89. The Hall–Kier alpha value is -2.76. The van der Waals surface area contributed by atoms with E-state index < -0.39 is 10.0 Å². The number of sulfonamides is 1. The number of benzene rings is 2. The summed E-state index contributed by atoms with van der Waals surface area (Å²) in [5.74, 6) is 0.740. The number of methoxy groups -OCH3 is 2. The van der Waals surface area contributed by atoms with Crippen molar-refractivity contribution in [3.8, 4) is 17.6 Å². The van der Waals surface area contributed by atoms with Gasteiger partial charge in [-0.25, -0.2) is 8.42 Å². The van der Waals surface area contributed by atoms with Gasteiger partial charge in [0, 0.05) is 32.2 Å². The predicted octanol–water partition coefficient (Wildman–Crippen LogP) is 2.09. The third-order valence-corrected chi connectivity index (χ3v) is 6.51. The van der Waals surface area contributed by atoms with Gasteiger partial charge in [0.2, 0.25) is 10.0 Å². The van der Waals surface area contributed by atoms with Crippen molar-refractivity contribution in [1.82, 2.24) is 4.31 Å². The summed E-state index contributed by atoms with van der Waals surface area (Å²) in [4.78, 5) is 2.13. The molecule has 0 spiro atoms. The zero-order valence-corrected chi connectivity index (χ0v) is 16.1. The van der Waals surface area contributed by atoms with E-state index in [4.69, 9.17) is 9.47 Å². The van der Waals surface area contributed by atoms with Gasteiger partial charge >= 0.3 is 0 Å². The Bertz CT molecular complexity index is 961. The average Bonchev–Trinajstić information content (AvgIpc) is 2.73. The lowest BCUT2D eigenvalue weighted by atomic mass is 10.1. The fraction of sp³-hybridized carbons (Fsp3) is 0.316. The maximum Gasteiger partial charge on any atom is 0.247 e. The molecule has 2 aromatic carbocycles. The second-order valence-corrected chi connectivity index (χ2v) is 7.94. The van der Waals surface area contributed by atoms with E-state index in [-0.39, 0.29) is 10.6 Å². The fourth-order valence-corrected chi connectivity index (χ4v) is 4.73. The van der Waals surface area contributed by atoms with Crippen LogP contribution in [0.3, 0.4) is 0 Å². The summed E-state index contributed by atoms with van der Waals surface area (Å²) >= 11 is 0. The Morgan fingerprint density at radius 3 is 2.33 bits per heavy atom. The monoisotopic (exact) mass is 387 g/mol. The number of piperazine rings is 1. The van der Waals surface area contributed by atoms with E-state index in [0.717, 1.165) is 5.69 Å². The molecule has 0 unspecified atom stereocenters. The SMILES string of the molecule is COc1ccc(OC)c(S(=O)(=O)N2CCN(c3ccccc3C#N)CC2)c1. The number of rotatable bonds is 5. The van der Waals surface area contributed by atoms with Crippen LogP contribution in [0.5, 0.6) is 11.5 Å². The van der Waals surface area contributed by atoms with Crippen LogP contribution in [0.1, 0.15) is 5.56 Å². The number of nitriles is 1. The smallest absolute Gasteiger partial charge is 0.247 e. The number of nitrogens with zero attached hydrogens (tertiary/aromatic N) is 3. The van der Waals surface area contributed by atoms with E-state index in [1.54, 1.807) is 18.2 Å². The third-order valence-electron chi connectivity index (χ3n) is 4.59. The molecule has 2 aromatic rings. The average molecular weight is 387 g/mol. The molecule has 0 radical (unpaired) electrons. The lowest BCUT2D eigenvalue weighted by Gasteiger charge is -2.35. The van der Waals surface area contributed by atoms with E-state index in [1.807, 2.05) is 23.1 Å². The molecule has 0 aromatic heterocycles. The van der Waals surface area contributed by atoms with Crippen LogP contribution < -0.4 is 14.4 Å². The summed E-state index contributed by atoms with van der Waals surface area (Å²) < 4.78 is 38.1. The molecular weight excluding hydrogens is 366 g/mol. The van der Waals surface area contributed by atoms with Gasteiger partial charge in [0.05, 0.1) is 25.5 Å². The molecule has 27 heavy (non-hydrogen) atoms. The quantitative estimate of drug-likeness (QED) is 0.781. The molecule has 1 aliphatic heterocycles. The van der Waals surface area contributed by atoms with Crippen molar-refractivity contribution in [2.75, 3.05) is 45.3 Å². The van der Waals surface area contributed by atoms with Gasteiger partial charge < -0.3 is 14.4 Å². The Balaban J connectivity index is 1.82. The van der Waals surface area contributed by atoms with Gasteiger partial charge in [-0.2, -0.15) is 9.57 Å². The summed E-state index contributed by atoms with van der Waals surface area (Å²) in [5.41, 5.74) is 1.42. The first-order chi connectivity index (χ1) is 13.0. The van der Waals surface area contributed by atoms with Gasteiger partial charge in [-0.3, -0.25) is 0 Å². The summed E-state index contributed by atoms with van der Waals surface area (Å²) in [6.45, 7) is 1.65. The topological polar surface area (TPSA) is 82.9 Å². The highest BCUT2D eigenvalue weighted by Gasteiger charge is 2.31. The van der Waals surface area contributed by atoms with E-state index in [2.05, 4.69) is 6.07 Å². The molecule has 0 amide bonds. The minimum absolute atomic E-state index is 0.0928. The number of hydrogen-bond acceptors (Lipinski definition) is 6. The van der Waals surface area contributed by atoms with Crippen LogP contribution in [0.4, 0.5) is 5.69 Å². The van der Waals surface area contributed by atoms with Crippen LogP contribution in [0, 0.1) is 11.3 Å². The second-order valence-electron chi connectivity index (χ2n) is 6.04. The van der Waals surface area contributed by atoms with Crippen molar-refractivity contribution in [1.29, 1.82) is 5.26 Å². The maximum absolute atomic E-state index is 13.1. The van der Waals surface area contributed by atoms with Gasteiger partial charge in [-0.15, -0.1) is 0 Å². The molecule has 7 nitrogen and oxygen atoms in total. The van der Waals surface area contributed by atoms with Crippen molar-refractivity contribution in [2.24, 2.45) is 0 Å². The summed E-state index contributed by atoms with van der Waals surface area (Å²) in [7, 11) is -0.790. The molecular formula is C19H21N3O4S. The molecule has 1 heterocycles. The molecule has 0 atom stereocenters. The lowest BCUT2D eigenvalue weighted by molar-refractivity contribution is 0.371. The number of anilines is 1. The molecule has 0 bridgehead atoms. The van der Waals surface area contributed by atoms with E-state index in [0.29, 0.717) is 37.5 Å². The fourth-order valence-electron chi connectivity index (χ4n) is 3.14. The Morgan fingerprint density at radius 1 is 1.00 bits per heavy atom. The van der Waals surface area contributed by atoms with Gasteiger partial charge in [-0.05, 0) is 24.3 Å². The Kier molecular flexibility index (Phi) is 5.54. The minimum atomic E-state index is -3.72. The number of para-hydroxylation sites is 1. The Labute approximate surface area is 159 Å². The normalized spacial score (nSPS) is 15.2. The second kappa shape index (κ2) is 7.86. The van der Waals surface area contributed by atoms with Crippen molar-refractivity contribution in [3.05, 3.63) is 48.0 Å². The van der Waals surface area contributed by atoms with E-state index >= 15 is 0 Å². The van der Waals surface area contributed by atoms with Crippen molar-refractivity contribution in [3.63, 3.8) is 0 Å². The van der Waals surface area contributed by atoms with Crippen LogP contribution in [0.15, 0.2) is 47.4 Å². The van der Waals surface area contributed by atoms with Gasteiger partial charge in [0.15, 0.2) is 0 Å². The predicted molar refractivity (Wildman–Crippen MR) is 102 cm³/mol. The number of ether oxygens (including phenoxy) is 2. The van der Waals surface area contributed by atoms with Crippen molar-refractivity contribution < 1.29 is 17.9 Å². The van der Waals surface area contributed by atoms with Crippen LogP contribution in [-0.4, -0.2) is 53.1 Å². The van der Waals surface area contributed by atoms with Crippen LogP contribution in [0.25, 0.3) is 0 Å². The highest BCUT2D eigenvalue weighted by atomic mass is 32.2. The molecule has 1 fully saturated rings. The first-order valence-electron chi connectivity index (χ1n) is 8.47. The Morgan fingerprint density at radius 2 is 1.70 bits per heavy atom. The molecule has 0 N–H and O–H groups in total. The van der Waals surface area contributed by atoms with Gasteiger partial charge in [0.1, 0.15) is 22.5 Å². The van der Waals surface area contributed by atoms with Crippen LogP contribution >= 0.6 is 0 Å². The van der Waals surface area contributed by atoms with Gasteiger partial charge in [-0.1, -0.05) is 12.1 Å². The van der Waals surface area contributed by atoms with Crippen LogP contribution in [0.2, 0.25) is 0 Å². The van der Waals surface area contributed by atoms with Crippen molar-refractivity contribution in [2.45, 2.75) is 4.90 Å². The third kappa shape index (κ3) is 3.70. The largest absolute Gasteiger partial charge is 0.497 e. The molecule has 8 heteroatoms. The van der Waals surface area contributed by atoms with E-state index in [1.165, 1.54) is 24.6 Å². The zero-order valence-electron chi connectivity index (χ0n) is 15.3. The summed E-state index contributed by atoms with van der Waals surface area (Å²) in [6, 6.07) is 14.3. The summed E-state index contributed by atoms with van der Waals surface area (Å²) in [5, 5.41) is 9.28. The lowest BCUT2D eigenvalue weighted by Crippen LogP contribution is -2.48. The standard InChI is InChI=1S/C19H21N3O4S/c1-25-16-7-8-18(26-2)19(13-16)27(23,24)22-11-9-21(10-12-22)17-6-4-3-5-15(17)14-20/h3-8,13H,9-12H2,1-2H3. The number of hydrogen-bond donors (Lipinski definition) is 0. The molecule has 0 aliphatic carbocycles. The van der Waals surface area contributed by atoms with Gasteiger partial charge in [0.25, 0.3) is 0 Å². The van der Waals surface area contributed by atoms with Crippen molar-refractivity contribution >= 4 is 15.7 Å². The first kappa shape index (κ1) is 19.0. The zero-order chi connectivity index (χ0) is 19.4. The molecule has 142 valence electrons.